The van der Waals surface area contributed by atoms with E-state index in [-0.39, 0.29) is 5.69 Å². The highest BCUT2D eigenvalue weighted by Crippen LogP contribution is 2.14. The lowest BCUT2D eigenvalue weighted by Crippen LogP contribution is -2.17. The molecule has 1 rings (SSSR count). The molecule has 0 saturated heterocycles. The average Bonchev–Trinajstić information content (AvgIpc) is 2.73. The number of aromatic amines is 1. The Hall–Kier alpha value is -1.47. The number of nitrogens with zero attached hydrogens (tertiary/aromatic N) is 2. The standard InChI is InChI=1S/C8H14N4O3/c1-14-4-3-5(9)6-7(8(13)15-2)11-12-10-6/h5H,3-4,9H2,1-2H3,(H,10,11,12). The van der Waals surface area contributed by atoms with Crippen molar-refractivity contribution in [3.8, 4) is 0 Å². The molecule has 0 aliphatic rings. The number of H-pyrrole nitrogens is 1. The quantitative estimate of drug-likeness (QED) is 0.648. The molecule has 0 fully saturated rings. The third kappa shape index (κ3) is 2.74. The normalized spacial score (nSPS) is 12.5. The highest BCUT2D eigenvalue weighted by atomic mass is 16.5. The van der Waals surface area contributed by atoms with Crippen LogP contribution in [-0.2, 0) is 9.47 Å². The summed E-state index contributed by atoms with van der Waals surface area (Å²) in [7, 11) is 2.86. The fourth-order valence-electron chi connectivity index (χ4n) is 1.13. The number of carbonyl (C=O) groups is 1. The Morgan fingerprint density at radius 3 is 2.87 bits per heavy atom. The first-order valence-electron chi connectivity index (χ1n) is 4.44. The molecule has 0 radical (unpaired) electrons. The predicted molar refractivity (Wildman–Crippen MR) is 51.1 cm³/mol. The van der Waals surface area contributed by atoms with Crippen LogP contribution in [0.2, 0.25) is 0 Å². The minimum atomic E-state index is -0.549. The van der Waals surface area contributed by atoms with Crippen LogP contribution in [0.1, 0.15) is 28.6 Å². The summed E-state index contributed by atoms with van der Waals surface area (Å²) >= 11 is 0. The van der Waals surface area contributed by atoms with Crippen LogP contribution in [0.25, 0.3) is 0 Å². The van der Waals surface area contributed by atoms with E-state index in [1.165, 1.54) is 7.11 Å². The molecule has 0 bridgehead atoms. The number of carbonyl (C=O) groups excluding carboxylic acids is 1. The van der Waals surface area contributed by atoms with Crippen molar-refractivity contribution < 1.29 is 14.3 Å². The van der Waals surface area contributed by atoms with Crippen molar-refractivity contribution in [3.05, 3.63) is 11.4 Å². The van der Waals surface area contributed by atoms with Gasteiger partial charge in [0.2, 0.25) is 0 Å². The molecule has 3 N–H and O–H groups in total. The first-order chi connectivity index (χ1) is 7.20. The Balaban J connectivity index is 2.75. The fraction of sp³-hybridized carbons (Fsp3) is 0.625. The van der Waals surface area contributed by atoms with Gasteiger partial charge >= 0.3 is 5.97 Å². The summed E-state index contributed by atoms with van der Waals surface area (Å²) in [6.07, 6.45) is 0.563. The van der Waals surface area contributed by atoms with Crippen LogP contribution in [0.4, 0.5) is 0 Å². The maximum absolute atomic E-state index is 11.2. The van der Waals surface area contributed by atoms with Crippen LogP contribution in [-0.4, -0.2) is 42.2 Å². The Morgan fingerprint density at radius 2 is 2.27 bits per heavy atom. The molecule has 1 aromatic rings. The van der Waals surface area contributed by atoms with E-state index in [2.05, 4.69) is 20.1 Å². The van der Waals surface area contributed by atoms with E-state index in [1.807, 2.05) is 0 Å². The Kier molecular flexibility index (Phi) is 4.19. The summed E-state index contributed by atoms with van der Waals surface area (Å²) in [4.78, 5) is 11.2. The average molecular weight is 214 g/mol. The second-order valence-corrected chi connectivity index (χ2v) is 2.94. The summed E-state index contributed by atoms with van der Waals surface area (Å²) in [6.45, 7) is 0.495. The van der Waals surface area contributed by atoms with Gasteiger partial charge in [-0.25, -0.2) is 4.79 Å². The molecule has 7 heteroatoms. The van der Waals surface area contributed by atoms with Gasteiger partial charge in [0.05, 0.1) is 13.2 Å². The molecule has 0 aliphatic carbocycles. The Bertz CT molecular complexity index is 325. The number of nitrogens with one attached hydrogen (secondary N) is 1. The fourth-order valence-corrected chi connectivity index (χ4v) is 1.13. The molecule has 7 nitrogen and oxygen atoms in total. The van der Waals surface area contributed by atoms with Crippen LogP contribution in [0.3, 0.4) is 0 Å². The molecule has 1 heterocycles. The first kappa shape index (κ1) is 11.6. The largest absolute Gasteiger partial charge is 0.464 e. The van der Waals surface area contributed by atoms with Crippen LogP contribution >= 0.6 is 0 Å². The van der Waals surface area contributed by atoms with Gasteiger partial charge in [0.15, 0.2) is 5.69 Å². The lowest BCUT2D eigenvalue weighted by Gasteiger charge is -2.08. The second kappa shape index (κ2) is 5.42. The zero-order valence-electron chi connectivity index (χ0n) is 8.69. The van der Waals surface area contributed by atoms with Crippen LogP contribution in [0.15, 0.2) is 0 Å². The molecule has 1 atom stereocenters. The minimum Gasteiger partial charge on any atom is -0.464 e. The van der Waals surface area contributed by atoms with Gasteiger partial charge in [-0.05, 0) is 6.42 Å². The first-order valence-corrected chi connectivity index (χ1v) is 4.44. The van der Waals surface area contributed by atoms with Gasteiger partial charge < -0.3 is 15.2 Å². The molecule has 1 unspecified atom stereocenters. The summed E-state index contributed by atoms with van der Waals surface area (Å²) in [6, 6.07) is -0.391. The number of methoxy groups -OCH3 is 2. The van der Waals surface area contributed by atoms with Crippen molar-refractivity contribution in [1.82, 2.24) is 15.4 Å². The van der Waals surface area contributed by atoms with E-state index in [1.54, 1.807) is 7.11 Å². The van der Waals surface area contributed by atoms with Gasteiger partial charge in [-0.3, -0.25) is 0 Å². The summed E-state index contributed by atoms with van der Waals surface area (Å²) < 4.78 is 9.42. The van der Waals surface area contributed by atoms with Crippen molar-refractivity contribution in [1.29, 1.82) is 0 Å². The van der Waals surface area contributed by atoms with Crippen molar-refractivity contribution in [2.24, 2.45) is 5.73 Å². The highest BCUT2D eigenvalue weighted by molar-refractivity contribution is 5.88. The molecule has 15 heavy (non-hydrogen) atoms. The number of aromatic nitrogens is 3. The van der Waals surface area contributed by atoms with Crippen LogP contribution < -0.4 is 5.73 Å². The zero-order chi connectivity index (χ0) is 11.3. The molecule has 0 aromatic carbocycles. The molecule has 1 aromatic heterocycles. The van der Waals surface area contributed by atoms with E-state index in [0.717, 1.165) is 0 Å². The second-order valence-electron chi connectivity index (χ2n) is 2.94. The highest BCUT2D eigenvalue weighted by Gasteiger charge is 2.21. The number of ether oxygens (including phenoxy) is 2. The predicted octanol–water partition coefficient (Wildman–Crippen LogP) is -0.372. The van der Waals surface area contributed by atoms with Crippen LogP contribution in [0, 0.1) is 0 Å². The lowest BCUT2D eigenvalue weighted by atomic mass is 10.1. The summed E-state index contributed by atoms with van der Waals surface area (Å²) in [5, 5.41) is 9.85. The van der Waals surface area contributed by atoms with Crippen molar-refractivity contribution in [2.45, 2.75) is 12.5 Å². The smallest absolute Gasteiger partial charge is 0.360 e. The number of hydrogen-bond donors (Lipinski definition) is 2. The van der Waals surface area contributed by atoms with E-state index in [9.17, 15) is 4.79 Å². The van der Waals surface area contributed by atoms with Crippen molar-refractivity contribution >= 4 is 5.97 Å². The van der Waals surface area contributed by atoms with Gasteiger partial charge in [-0.15, -0.1) is 5.10 Å². The van der Waals surface area contributed by atoms with E-state index >= 15 is 0 Å². The molecule has 0 amide bonds. The summed E-state index contributed by atoms with van der Waals surface area (Å²) in [5.74, 6) is -0.549. The van der Waals surface area contributed by atoms with Gasteiger partial charge in [-0.1, -0.05) is 0 Å². The maximum Gasteiger partial charge on any atom is 0.360 e. The number of esters is 1. The van der Waals surface area contributed by atoms with Crippen molar-refractivity contribution in [3.63, 3.8) is 0 Å². The van der Waals surface area contributed by atoms with Crippen LogP contribution in [0.5, 0.6) is 0 Å². The SMILES string of the molecule is COCCC(N)c1n[nH]nc1C(=O)OC. The van der Waals surface area contributed by atoms with Gasteiger partial charge in [-0.2, -0.15) is 10.3 Å². The third-order valence-corrected chi connectivity index (χ3v) is 1.94. The van der Waals surface area contributed by atoms with E-state index in [4.69, 9.17) is 10.5 Å². The minimum absolute atomic E-state index is 0.126. The van der Waals surface area contributed by atoms with E-state index < -0.39 is 12.0 Å². The molecule has 0 saturated carbocycles. The Labute approximate surface area is 86.9 Å². The van der Waals surface area contributed by atoms with Crippen molar-refractivity contribution in [2.75, 3.05) is 20.8 Å². The molecular formula is C8H14N4O3. The number of hydrogen-bond acceptors (Lipinski definition) is 6. The Morgan fingerprint density at radius 1 is 1.53 bits per heavy atom. The zero-order valence-corrected chi connectivity index (χ0v) is 8.69. The maximum atomic E-state index is 11.2. The van der Waals surface area contributed by atoms with E-state index in [0.29, 0.717) is 18.7 Å². The third-order valence-electron chi connectivity index (χ3n) is 1.94. The molecular weight excluding hydrogens is 200 g/mol. The lowest BCUT2D eigenvalue weighted by molar-refractivity contribution is 0.0591. The number of rotatable bonds is 5. The van der Waals surface area contributed by atoms with Gasteiger partial charge in [0, 0.05) is 13.7 Å². The molecule has 84 valence electrons. The summed E-state index contributed by atoms with van der Waals surface area (Å²) in [5.41, 5.74) is 6.34. The molecule has 0 aliphatic heterocycles. The van der Waals surface area contributed by atoms with Gasteiger partial charge in [0.1, 0.15) is 5.69 Å². The topological polar surface area (TPSA) is 103 Å². The number of nitrogens with two attached hydrogens (primary N) is 1. The van der Waals surface area contributed by atoms with Gasteiger partial charge in [0.25, 0.3) is 0 Å². The molecule has 0 spiro atoms. The monoisotopic (exact) mass is 214 g/mol.